The molecule has 0 bridgehead atoms. The molecule has 1 atom stereocenters. The standard InChI is InChI=1S/C18H20N2O3/c1-19-17(22)15-9-5-6-13(12-15)10-11-20-18(23)16(21)14-7-3-2-4-8-14/h2-9,12,16,21H,10-11H2,1H3,(H,19,22)(H,20,23). The molecule has 0 spiro atoms. The van der Waals surface area contributed by atoms with Crippen LogP contribution in [0.15, 0.2) is 54.6 Å². The first kappa shape index (κ1) is 16.7. The van der Waals surface area contributed by atoms with Crippen molar-refractivity contribution in [2.75, 3.05) is 13.6 Å². The van der Waals surface area contributed by atoms with E-state index in [1.54, 1.807) is 49.5 Å². The average Bonchev–Trinajstić information content (AvgIpc) is 2.61. The van der Waals surface area contributed by atoms with E-state index in [0.29, 0.717) is 24.1 Å². The highest BCUT2D eigenvalue weighted by atomic mass is 16.3. The van der Waals surface area contributed by atoms with Crippen molar-refractivity contribution < 1.29 is 14.7 Å². The van der Waals surface area contributed by atoms with E-state index in [2.05, 4.69) is 10.6 Å². The first-order chi connectivity index (χ1) is 11.1. The van der Waals surface area contributed by atoms with Gasteiger partial charge >= 0.3 is 0 Å². The van der Waals surface area contributed by atoms with Crippen LogP contribution in [0, 0.1) is 0 Å². The van der Waals surface area contributed by atoms with Gasteiger partial charge in [-0.05, 0) is 29.7 Å². The van der Waals surface area contributed by atoms with Crippen molar-refractivity contribution in [3.63, 3.8) is 0 Å². The van der Waals surface area contributed by atoms with E-state index in [-0.39, 0.29) is 5.91 Å². The number of carbonyl (C=O) groups is 2. The summed E-state index contributed by atoms with van der Waals surface area (Å²) in [6, 6.07) is 16.0. The fourth-order valence-electron chi connectivity index (χ4n) is 2.23. The predicted octanol–water partition coefficient (Wildman–Crippen LogP) is 1.44. The lowest BCUT2D eigenvalue weighted by Gasteiger charge is -2.12. The summed E-state index contributed by atoms with van der Waals surface area (Å²) in [4.78, 5) is 23.5. The molecule has 0 fully saturated rings. The molecule has 3 N–H and O–H groups in total. The van der Waals surface area contributed by atoms with E-state index in [0.717, 1.165) is 5.56 Å². The summed E-state index contributed by atoms with van der Waals surface area (Å²) < 4.78 is 0. The zero-order chi connectivity index (χ0) is 16.7. The third kappa shape index (κ3) is 4.66. The van der Waals surface area contributed by atoms with Gasteiger partial charge in [-0.1, -0.05) is 42.5 Å². The van der Waals surface area contributed by atoms with Gasteiger partial charge in [-0.3, -0.25) is 9.59 Å². The SMILES string of the molecule is CNC(=O)c1cccc(CCNC(=O)C(O)c2ccccc2)c1. The van der Waals surface area contributed by atoms with Crippen LogP contribution in [-0.4, -0.2) is 30.5 Å². The largest absolute Gasteiger partial charge is 0.378 e. The van der Waals surface area contributed by atoms with Gasteiger partial charge < -0.3 is 15.7 Å². The lowest BCUT2D eigenvalue weighted by molar-refractivity contribution is -0.129. The maximum atomic E-state index is 11.9. The topological polar surface area (TPSA) is 78.4 Å². The molecule has 0 aromatic heterocycles. The summed E-state index contributed by atoms with van der Waals surface area (Å²) in [6.07, 6.45) is -0.591. The Labute approximate surface area is 135 Å². The first-order valence-corrected chi connectivity index (χ1v) is 7.43. The Hall–Kier alpha value is -2.66. The smallest absolute Gasteiger partial charge is 0.253 e. The molecule has 0 aliphatic rings. The average molecular weight is 312 g/mol. The van der Waals surface area contributed by atoms with Crippen LogP contribution in [0.2, 0.25) is 0 Å². The van der Waals surface area contributed by atoms with E-state index < -0.39 is 12.0 Å². The predicted molar refractivity (Wildman–Crippen MR) is 87.9 cm³/mol. The molecule has 5 nitrogen and oxygen atoms in total. The molecule has 0 saturated heterocycles. The van der Waals surface area contributed by atoms with Crippen LogP contribution in [0.25, 0.3) is 0 Å². The Kier molecular flexibility index (Phi) is 5.88. The second kappa shape index (κ2) is 8.10. The summed E-state index contributed by atoms with van der Waals surface area (Å²) in [7, 11) is 1.58. The number of nitrogens with one attached hydrogen (secondary N) is 2. The number of carbonyl (C=O) groups excluding carboxylic acids is 2. The van der Waals surface area contributed by atoms with E-state index >= 15 is 0 Å². The summed E-state index contributed by atoms with van der Waals surface area (Å²) in [5, 5.41) is 15.2. The number of aliphatic hydroxyl groups is 1. The van der Waals surface area contributed by atoms with Gasteiger partial charge in [0, 0.05) is 19.2 Å². The van der Waals surface area contributed by atoms with Crippen molar-refractivity contribution in [2.24, 2.45) is 0 Å². The number of hydrogen-bond acceptors (Lipinski definition) is 3. The van der Waals surface area contributed by atoms with E-state index in [9.17, 15) is 14.7 Å². The molecule has 5 heteroatoms. The van der Waals surface area contributed by atoms with Gasteiger partial charge in [0.1, 0.15) is 0 Å². The molecule has 0 radical (unpaired) electrons. The molecule has 2 rings (SSSR count). The third-order valence-electron chi connectivity index (χ3n) is 3.49. The molecule has 0 saturated carbocycles. The number of hydrogen-bond donors (Lipinski definition) is 3. The Morgan fingerprint density at radius 1 is 1.09 bits per heavy atom. The van der Waals surface area contributed by atoms with Crippen molar-refractivity contribution >= 4 is 11.8 Å². The van der Waals surface area contributed by atoms with E-state index in [1.165, 1.54) is 0 Å². The van der Waals surface area contributed by atoms with Crippen molar-refractivity contribution in [1.29, 1.82) is 0 Å². The summed E-state index contributed by atoms with van der Waals surface area (Å²) in [5.74, 6) is -0.575. The van der Waals surface area contributed by atoms with Gasteiger partial charge in [0.05, 0.1) is 0 Å². The maximum Gasteiger partial charge on any atom is 0.253 e. The fraction of sp³-hybridized carbons (Fsp3) is 0.222. The van der Waals surface area contributed by atoms with Crippen LogP contribution in [0.1, 0.15) is 27.6 Å². The van der Waals surface area contributed by atoms with Crippen LogP contribution in [0.3, 0.4) is 0 Å². The van der Waals surface area contributed by atoms with Crippen LogP contribution >= 0.6 is 0 Å². The van der Waals surface area contributed by atoms with Crippen molar-refractivity contribution in [2.45, 2.75) is 12.5 Å². The first-order valence-electron chi connectivity index (χ1n) is 7.43. The van der Waals surface area contributed by atoms with Gasteiger partial charge in [0.2, 0.25) is 0 Å². The lowest BCUT2D eigenvalue weighted by atomic mass is 10.1. The Morgan fingerprint density at radius 2 is 1.83 bits per heavy atom. The Bertz CT molecular complexity index is 671. The number of rotatable bonds is 6. The maximum absolute atomic E-state index is 11.9. The van der Waals surface area contributed by atoms with Crippen molar-refractivity contribution in [3.05, 3.63) is 71.3 Å². The highest BCUT2D eigenvalue weighted by Crippen LogP contribution is 2.12. The van der Waals surface area contributed by atoms with E-state index in [1.807, 2.05) is 12.1 Å². The fourth-order valence-corrected chi connectivity index (χ4v) is 2.23. The van der Waals surface area contributed by atoms with E-state index in [4.69, 9.17) is 0 Å². The molecule has 2 amide bonds. The van der Waals surface area contributed by atoms with Crippen molar-refractivity contribution in [1.82, 2.24) is 10.6 Å². The minimum absolute atomic E-state index is 0.143. The molecular formula is C18H20N2O3. The highest BCUT2D eigenvalue weighted by molar-refractivity contribution is 5.94. The van der Waals surface area contributed by atoms with Crippen LogP contribution in [0.5, 0.6) is 0 Å². The molecule has 1 unspecified atom stereocenters. The number of aliphatic hydroxyl groups excluding tert-OH is 1. The number of amides is 2. The van der Waals surface area contributed by atoms with Gasteiger partial charge in [-0.25, -0.2) is 0 Å². The minimum Gasteiger partial charge on any atom is -0.378 e. The zero-order valence-electron chi connectivity index (χ0n) is 13.0. The molecule has 0 heterocycles. The minimum atomic E-state index is -1.17. The molecule has 23 heavy (non-hydrogen) atoms. The quantitative estimate of drug-likeness (QED) is 0.755. The van der Waals surface area contributed by atoms with Gasteiger partial charge in [0.15, 0.2) is 6.10 Å². The lowest BCUT2D eigenvalue weighted by Crippen LogP contribution is -2.31. The van der Waals surface area contributed by atoms with Gasteiger partial charge in [0.25, 0.3) is 11.8 Å². The zero-order valence-corrected chi connectivity index (χ0v) is 13.0. The summed E-state index contributed by atoms with van der Waals surface area (Å²) in [6.45, 7) is 0.389. The van der Waals surface area contributed by atoms with Gasteiger partial charge in [-0.2, -0.15) is 0 Å². The Balaban J connectivity index is 1.87. The molecule has 2 aromatic carbocycles. The molecule has 2 aromatic rings. The number of benzene rings is 2. The monoisotopic (exact) mass is 312 g/mol. The van der Waals surface area contributed by atoms with Crippen LogP contribution in [-0.2, 0) is 11.2 Å². The van der Waals surface area contributed by atoms with Gasteiger partial charge in [-0.15, -0.1) is 0 Å². The Morgan fingerprint density at radius 3 is 2.52 bits per heavy atom. The van der Waals surface area contributed by atoms with Crippen LogP contribution in [0.4, 0.5) is 0 Å². The third-order valence-corrected chi connectivity index (χ3v) is 3.49. The molecule has 0 aliphatic heterocycles. The summed E-state index contributed by atoms with van der Waals surface area (Å²) >= 11 is 0. The summed E-state index contributed by atoms with van der Waals surface area (Å²) in [5.41, 5.74) is 2.09. The highest BCUT2D eigenvalue weighted by Gasteiger charge is 2.16. The second-order valence-corrected chi connectivity index (χ2v) is 5.13. The molecular weight excluding hydrogens is 292 g/mol. The second-order valence-electron chi connectivity index (χ2n) is 5.13. The molecule has 0 aliphatic carbocycles. The molecule has 120 valence electrons. The normalized spacial score (nSPS) is 11.6. The van der Waals surface area contributed by atoms with Crippen molar-refractivity contribution in [3.8, 4) is 0 Å². The van der Waals surface area contributed by atoms with Crippen LogP contribution < -0.4 is 10.6 Å².